The van der Waals surface area contributed by atoms with Crippen molar-refractivity contribution >= 4 is 25.8 Å². The average molecular weight is 471 g/mol. The van der Waals surface area contributed by atoms with Crippen molar-refractivity contribution in [1.82, 2.24) is 9.62 Å². The zero-order valence-electron chi connectivity index (χ0n) is 17.2. The van der Waals surface area contributed by atoms with Gasteiger partial charge in [-0.15, -0.1) is 0 Å². The summed E-state index contributed by atoms with van der Waals surface area (Å²) >= 11 is 0. The lowest BCUT2D eigenvalue weighted by molar-refractivity contribution is 0.0710. The number of nitrogens with zero attached hydrogens (tertiary/aromatic N) is 1. The number of likely N-dealkylation sites (tertiary alicyclic amines) is 1. The molecule has 0 aliphatic carbocycles. The number of carbonyl (C=O) groups excluding carboxylic acids is 1. The van der Waals surface area contributed by atoms with Gasteiger partial charge in [-0.3, -0.25) is 4.79 Å². The third-order valence-corrected chi connectivity index (χ3v) is 8.31. The van der Waals surface area contributed by atoms with Crippen LogP contribution in [0.25, 0.3) is 0 Å². The summed E-state index contributed by atoms with van der Waals surface area (Å²) in [4.78, 5) is 14.1. The molecule has 2 aromatic rings. The number of hydrogen-bond donors (Lipinski definition) is 1. The number of nitrogens with one attached hydrogen (secondary N) is 1. The molecule has 0 saturated carbocycles. The Kier molecular flexibility index (Phi) is 7.39. The quantitative estimate of drug-likeness (QED) is 0.591. The molecular weight excluding hydrogens is 444 g/mol. The van der Waals surface area contributed by atoms with Crippen LogP contribution in [0.5, 0.6) is 5.75 Å². The van der Waals surface area contributed by atoms with Crippen molar-refractivity contribution in [3.05, 3.63) is 48.4 Å². The van der Waals surface area contributed by atoms with Gasteiger partial charge >= 0.3 is 0 Å². The number of ether oxygens (including phenoxy) is 1. The van der Waals surface area contributed by atoms with Crippen LogP contribution in [0, 0.1) is 0 Å². The van der Waals surface area contributed by atoms with Crippen LogP contribution in [0.2, 0.25) is 0 Å². The zero-order valence-corrected chi connectivity index (χ0v) is 18.8. The Labute approximate surface area is 182 Å². The molecule has 1 amide bonds. The van der Waals surface area contributed by atoms with Crippen LogP contribution in [0.3, 0.4) is 0 Å². The highest BCUT2D eigenvalue weighted by molar-refractivity contribution is 7.91. The third kappa shape index (κ3) is 6.31. The molecule has 1 N–H and O–H groups in total. The van der Waals surface area contributed by atoms with Gasteiger partial charge in [0, 0.05) is 24.9 Å². The van der Waals surface area contributed by atoms with Crippen molar-refractivity contribution in [2.75, 3.05) is 31.2 Å². The fourth-order valence-electron chi connectivity index (χ4n) is 3.20. The third-order valence-electron chi connectivity index (χ3n) is 5.11. The molecule has 0 atom stereocenters. The first kappa shape index (κ1) is 23.3. The Morgan fingerprint density at radius 2 is 1.81 bits per heavy atom. The van der Waals surface area contributed by atoms with E-state index >= 15 is 0 Å². The second kappa shape index (κ2) is 9.84. The Balaban J connectivity index is 1.51. The molecule has 0 spiro atoms. The number of carbonyl (C=O) groups is 1. The van der Waals surface area contributed by atoms with Crippen LogP contribution in [-0.4, -0.2) is 64.9 Å². The van der Waals surface area contributed by atoms with Crippen LogP contribution in [-0.2, 0) is 19.9 Å². The van der Waals surface area contributed by atoms with Crippen molar-refractivity contribution in [2.24, 2.45) is 0 Å². The van der Waals surface area contributed by atoms with E-state index in [9.17, 15) is 21.6 Å². The van der Waals surface area contributed by atoms with Gasteiger partial charge in [-0.1, -0.05) is 6.92 Å². The normalized spacial score (nSPS) is 15.7. The Hall–Kier alpha value is -2.37. The number of sulfone groups is 1. The summed E-state index contributed by atoms with van der Waals surface area (Å²) in [6, 6.07) is 7.17. The van der Waals surface area contributed by atoms with Crippen molar-refractivity contribution < 1.29 is 30.8 Å². The van der Waals surface area contributed by atoms with Crippen LogP contribution in [0.15, 0.2) is 52.2 Å². The second-order valence-electron chi connectivity index (χ2n) is 7.26. The fourth-order valence-corrected chi connectivity index (χ4v) is 5.13. The molecule has 9 nitrogen and oxygen atoms in total. The number of hydrogen-bond acceptors (Lipinski definition) is 7. The molecule has 1 fully saturated rings. The van der Waals surface area contributed by atoms with Crippen LogP contribution >= 0.6 is 0 Å². The van der Waals surface area contributed by atoms with E-state index in [2.05, 4.69) is 4.72 Å². The molecule has 1 aromatic carbocycles. The molecule has 0 unspecified atom stereocenters. The van der Waals surface area contributed by atoms with Gasteiger partial charge in [0.1, 0.15) is 18.6 Å². The minimum Gasteiger partial charge on any atom is -0.493 e. The molecule has 1 aliphatic heterocycles. The molecule has 170 valence electrons. The van der Waals surface area contributed by atoms with Gasteiger partial charge in [0.15, 0.2) is 9.84 Å². The highest BCUT2D eigenvalue weighted by Crippen LogP contribution is 2.19. The van der Waals surface area contributed by atoms with Crippen molar-refractivity contribution in [3.63, 3.8) is 0 Å². The minimum absolute atomic E-state index is 0.0105. The van der Waals surface area contributed by atoms with Crippen molar-refractivity contribution in [2.45, 2.75) is 30.7 Å². The lowest BCUT2D eigenvalue weighted by atomic mass is 10.1. The maximum absolute atomic E-state index is 12.7. The first-order chi connectivity index (χ1) is 14.7. The molecule has 0 radical (unpaired) electrons. The predicted octanol–water partition coefficient (Wildman–Crippen LogP) is 1.68. The number of amides is 1. The maximum atomic E-state index is 12.7. The van der Waals surface area contributed by atoms with Gasteiger partial charge in [0.2, 0.25) is 10.0 Å². The first-order valence-corrected chi connectivity index (χ1v) is 13.3. The summed E-state index contributed by atoms with van der Waals surface area (Å²) < 4.78 is 61.3. The summed E-state index contributed by atoms with van der Waals surface area (Å²) in [5.74, 6) is 0.233. The van der Waals surface area contributed by atoms with Gasteiger partial charge in [-0.2, -0.15) is 0 Å². The van der Waals surface area contributed by atoms with E-state index in [-0.39, 0.29) is 35.0 Å². The van der Waals surface area contributed by atoms with Crippen LogP contribution < -0.4 is 9.46 Å². The Morgan fingerprint density at radius 1 is 1.13 bits per heavy atom. The van der Waals surface area contributed by atoms with Gasteiger partial charge in [0.25, 0.3) is 5.91 Å². The predicted molar refractivity (Wildman–Crippen MR) is 114 cm³/mol. The summed E-state index contributed by atoms with van der Waals surface area (Å²) in [6.45, 7) is 2.48. The van der Waals surface area contributed by atoms with Gasteiger partial charge in [-0.25, -0.2) is 21.6 Å². The summed E-state index contributed by atoms with van der Waals surface area (Å²) in [5, 5.41) is 0. The SMILES string of the molecule is CCS(=O)(=O)CCOc1ccc(S(=O)(=O)NC2CCN(C(=O)c3ccoc3)CC2)cc1. The molecular formula is C20H26N2O7S2. The molecule has 0 bridgehead atoms. The molecule has 2 heterocycles. The Bertz CT molecular complexity index is 1070. The van der Waals surface area contributed by atoms with Crippen LogP contribution in [0.4, 0.5) is 0 Å². The van der Waals surface area contributed by atoms with Gasteiger partial charge < -0.3 is 14.1 Å². The Morgan fingerprint density at radius 3 is 2.39 bits per heavy atom. The summed E-state index contributed by atoms with van der Waals surface area (Å²) in [7, 11) is -6.84. The number of sulfonamides is 1. The van der Waals surface area contributed by atoms with Crippen molar-refractivity contribution in [1.29, 1.82) is 0 Å². The number of rotatable bonds is 9. The molecule has 11 heteroatoms. The summed E-state index contributed by atoms with van der Waals surface area (Å²) in [5.41, 5.74) is 0.480. The largest absolute Gasteiger partial charge is 0.493 e. The average Bonchev–Trinajstić information content (AvgIpc) is 3.29. The van der Waals surface area contributed by atoms with Crippen molar-refractivity contribution in [3.8, 4) is 5.75 Å². The van der Waals surface area contributed by atoms with E-state index in [0.29, 0.717) is 37.2 Å². The molecule has 1 saturated heterocycles. The molecule has 31 heavy (non-hydrogen) atoms. The van der Waals surface area contributed by atoms with E-state index in [1.165, 1.54) is 36.8 Å². The lowest BCUT2D eigenvalue weighted by Gasteiger charge is -2.32. The molecule has 1 aliphatic rings. The van der Waals surface area contributed by atoms with Crippen LogP contribution in [0.1, 0.15) is 30.1 Å². The minimum atomic E-state index is -3.73. The lowest BCUT2D eigenvalue weighted by Crippen LogP contribution is -2.46. The standard InChI is InChI=1S/C20H26N2O7S2/c1-2-30(24,25)14-13-29-18-3-5-19(6-4-18)31(26,27)21-17-7-10-22(11-8-17)20(23)16-9-12-28-15-16/h3-6,9,12,15,17,21H,2,7-8,10-11,13-14H2,1H3. The van der Waals surface area contributed by atoms with E-state index < -0.39 is 19.9 Å². The molecule has 3 rings (SSSR count). The smallest absolute Gasteiger partial charge is 0.257 e. The van der Waals surface area contributed by atoms with E-state index in [1.54, 1.807) is 17.9 Å². The van der Waals surface area contributed by atoms with E-state index in [0.717, 1.165) is 0 Å². The van der Waals surface area contributed by atoms with E-state index in [1.807, 2.05) is 0 Å². The van der Waals surface area contributed by atoms with Gasteiger partial charge in [0.05, 0.1) is 22.5 Å². The number of benzene rings is 1. The monoisotopic (exact) mass is 470 g/mol. The number of furan rings is 1. The topological polar surface area (TPSA) is 123 Å². The number of piperidine rings is 1. The second-order valence-corrected chi connectivity index (χ2v) is 11.4. The maximum Gasteiger partial charge on any atom is 0.257 e. The van der Waals surface area contributed by atoms with E-state index in [4.69, 9.17) is 9.15 Å². The zero-order chi connectivity index (χ0) is 22.5. The summed E-state index contributed by atoms with van der Waals surface area (Å²) in [6.07, 6.45) is 3.86. The highest BCUT2D eigenvalue weighted by atomic mass is 32.2. The molecule has 1 aromatic heterocycles. The highest BCUT2D eigenvalue weighted by Gasteiger charge is 2.27. The fraction of sp³-hybridized carbons (Fsp3) is 0.450. The first-order valence-electron chi connectivity index (χ1n) is 9.97. The van der Waals surface area contributed by atoms with Gasteiger partial charge in [-0.05, 0) is 43.2 Å².